The molecule has 2 aliphatic rings. The lowest BCUT2D eigenvalue weighted by atomic mass is 9.85. The zero-order valence-electron chi connectivity index (χ0n) is 14.7. The fourth-order valence-corrected chi connectivity index (χ4v) is 4.66. The molecule has 0 spiro atoms. The van der Waals surface area contributed by atoms with E-state index in [1.54, 1.807) is 6.07 Å². The molecule has 2 saturated heterocycles. The molecule has 0 saturated carbocycles. The summed E-state index contributed by atoms with van der Waals surface area (Å²) in [4.78, 5) is 18.3. The number of aromatic amines is 1. The number of benzene rings is 1. The highest BCUT2D eigenvalue weighted by Gasteiger charge is 2.33. The molecular weight excluding hydrogens is 326 g/mol. The van der Waals surface area contributed by atoms with Gasteiger partial charge in [0.15, 0.2) is 0 Å². The molecule has 134 valence electrons. The molecule has 2 atom stereocenters. The smallest absolute Gasteiger partial charge is 0.258 e. The predicted molar refractivity (Wildman–Crippen MR) is 102 cm³/mol. The van der Waals surface area contributed by atoms with E-state index >= 15 is 0 Å². The number of furan rings is 1. The van der Waals surface area contributed by atoms with Gasteiger partial charge in [0.1, 0.15) is 6.26 Å². The average Bonchev–Trinajstić information content (AvgIpc) is 3.40. The molecule has 2 aliphatic heterocycles. The van der Waals surface area contributed by atoms with E-state index in [1.165, 1.54) is 62.2 Å². The Hall–Kier alpha value is -2.53. The molecule has 5 nitrogen and oxygen atoms in total. The van der Waals surface area contributed by atoms with Crippen LogP contribution in [0.2, 0.25) is 0 Å². The first-order valence-electron chi connectivity index (χ1n) is 9.46. The summed E-state index contributed by atoms with van der Waals surface area (Å²) in [6.45, 7) is 2.48. The summed E-state index contributed by atoms with van der Waals surface area (Å²) < 4.78 is 4.99. The van der Waals surface area contributed by atoms with Crippen LogP contribution in [0.5, 0.6) is 0 Å². The maximum Gasteiger partial charge on any atom is 0.258 e. The Kier molecular flexibility index (Phi) is 3.82. The van der Waals surface area contributed by atoms with Crippen molar-refractivity contribution in [3.63, 3.8) is 0 Å². The van der Waals surface area contributed by atoms with Crippen molar-refractivity contribution in [1.82, 2.24) is 9.88 Å². The van der Waals surface area contributed by atoms with Gasteiger partial charge in [0, 0.05) is 28.8 Å². The number of rotatable bonds is 3. The van der Waals surface area contributed by atoms with E-state index in [0.29, 0.717) is 11.5 Å². The molecular formula is C21H23N3O2. The Morgan fingerprint density at radius 2 is 2.19 bits per heavy atom. The van der Waals surface area contributed by atoms with E-state index in [9.17, 15) is 4.79 Å². The van der Waals surface area contributed by atoms with Crippen molar-refractivity contribution < 1.29 is 9.21 Å². The topological polar surface area (TPSA) is 61.3 Å². The predicted octanol–water partition coefficient (Wildman–Crippen LogP) is 4.36. The molecule has 1 aromatic carbocycles. The van der Waals surface area contributed by atoms with E-state index in [2.05, 4.69) is 33.5 Å². The third-order valence-corrected chi connectivity index (χ3v) is 6.02. The number of amides is 1. The van der Waals surface area contributed by atoms with Crippen molar-refractivity contribution in [2.75, 3.05) is 18.4 Å². The van der Waals surface area contributed by atoms with Gasteiger partial charge in [0.2, 0.25) is 0 Å². The van der Waals surface area contributed by atoms with E-state index in [0.717, 1.165) is 17.2 Å². The first-order chi connectivity index (χ1) is 12.8. The molecule has 2 unspecified atom stereocenters. The third kappa shape index (κ3) is 2.72. The largest absolute Gasteiger partial charge is 0.472 e. The summed E-state index contributed by atoms with van der Waals surface area (Å²) in [6.07, 6.45) is 10.3. The van der Waals surface area contributed by atoms with Crippen molar-refractivity contribution in [2.24, 2.45) is 0 Å². The molecule has 0 aliphatic carbocycles. The van der Waals surface area contributed by atoms with Crippen LogP contribution in [-0.4, -0.2) is 34.9 Å². The summed E-state index contributed by atoms with van der Waals surface area (Å²) in [7, 11) is 0. The highest BCUT2D eigenvalue weighted by molar-refractivity contribution is 6.05. The number of hydrogen-bond donors (Lipinski definition) is 2. The van der Waals surface area contributed by atoms with Gasteiger partial charge in [-0.05, 0) is 74.5 Å². The number of carbonyl (C=O) groups is 1. The SMILES string of the molecule is O=C(Nc1ccc2[nH]cc(C3CCN4CCCC4C3)c2c1)c1ccoc1. The fraction of sp³-hybridized carbons (Fsp3) is 0.381. The van der Waals surface area contributed by atoms with E-state index < -0.39 is 0 Å². The average molecular weight is 349 g/mol. The zero-order valence-corrected chi connectivity index (χ0v) is 14.7. The van der Waals surface area contributed by atoms with Crippen LogP contribution in [0.25, 0.3) is 10.9 Å². The van der Waals surface area contributed by atoms with Gasteiger partial charge in [0.25, 0.3) is 5.91 Å². The molecule has 5 rings (SSSR count). The molecule has 0 bridgehead atoms. The van der Waals surface area contributed by atoms with Gasteiger partial charge < -0.3 is 19.6 Å². The van der Waals surface area contributed by atoms with Gasteiger partial charge in [-0.3, -0.25) is 4.79 Å². The number of piperidine rings is 1. The van der Waals surface area contributed by atoms with Crippen molar-refractivity contribution in [2.45, 2.75) is 37.6 Å². The molecule has 5 heteroatoms. The van der Waals surface area contributed by atoms with Gasteiger partial charge in [-0.15, -0.1) is 0 Å². The molecule has 4 heterocycles. The summed E-state index contributed by atoms with van der Waals surface area (Å²) in [5.74, 6) is 0.456. The normalized spacial score (nSPS) is 23.2. The van der Waals surface area contributed by atoms with Crippen LogP contribution in [0, 0.1) is 0 Å². The zero-order chi connectivity index (χ0) is 17.5. The van der Waals surface area contributed by atoms with Crippen LogP contribution in [0.3, 0.4) is 0 Å². The fourth-order valence-electron chi connectivity index (χ4n) is 4.66. The van der Waals surface area contributed by atoms with E-state index in [-0.39, 0.29) is 5.91 Å². The first-order valence-corrected chi connectivity index (χ1v) is 9.46. The number of aromatic nitrogens is 1. The number of nitrogens with zero attached hydrogens (tertiary/aromatic N) is 1. The number of anilines is 1. The highest BCUT2D eigenvalue weighted by atomic mass is 16.3. The van der Waals surface area contributed by atoms with Crippen molar-refractivity contribution in [1.29, 1.82) is 0 Å². The van der Waals surface area contributed by atoms with E-state index in [4.69, 9.17) is 4.42 Å². The summed E-state index contributed by atoms with van der Waals surface area (Å²) in [5, 5.41) is 4.20. The standard InChI is InChI=1S/C21H23N3O2/c25-21(15-6-9-26-13-15)23-16-3-4-20-18(11-16)19(12-22-20)14-5-8-24-7-1-2-17(24)10-14/h3-4,6,9,11-14,17,22H,1-2,5,7-8,10H2,(H,23,25). The number of nitrogens with one attached hydrogen (secondary N) is 2. The van der Waals surface area contributed by atoms with Gasteiger partial charge in [-0.2, -0.15) is 0 Å². The summed E-state index contributed by atoms with van der Waals surface area (Å²) in [5.41, 5.74) is 3.89. The number of carbonyl (C=O) groups excluding carboxylic acids is 1. The van der Waals surface area contributed by atoms with Crippen LogP contribution in [0.1, 0.15) is 47.5 Å². The number of fused-ring (bicyclic) bond motifs is 2. The lowest BCUT2D eigenvalue weighted by Gasteiger charge is -2.34. The van der Waals surface area contributed by atoms with Crippen molar-refractivity contribution >= 4 is 22.5 Å². The van der Waals surface area contributed by atoms with Crippen LogP contribution in [-0.2, 0) is 0 Å². The molecule has 2 N–H and O–H groups in total. The van der Waals surface area contributed by atoms with Gasteiger partial charge >= 0.3 is 0 Å². The van der Waals surface area contributed by atoms with Crippen molar-refractivity contribution in [3.05, 3.63) is 54.1 Å². The minimum Gasteiger partial charge on any atom is -0.472 e. The molecule has 2 fully saturated rings. The Morgan fingerprint density at radius 1 is 1.23 bits per heavy atom. The van der Waals surface area contributed by atoms with Gasteiger partial charge in [-0.1, -0.05) is 0 Å². The minimum absolute atomic E-state index is 0.144. The Bertz CT molecular complexity index is 928. The Labute approximate surface area is 152 Å². The minimum atomic E-state index is -0.144. The number of hydrogen-bond acceptors (Lipinski definition) is 3. The second-order valence-corrected chi connectivity index (χ2v) is 7.52. The highest BCUT2D eigenvalue weighted by Crippen LogP contribution is 2.39. The lowest BCUT2D eigenvalue weighted by molar-refractivity contribution is 0.102. The van der Waals surface area contributed by atoms with Crippen LogP contribution >= 0.6 is 0 Å². The first kappa shape index (κ1) is 15.7. The number of H-pyrrole nitrogens is 1. The molecule has 26 heavy (non-hydrogen) atoms. The molecule has 1 amide bonds. The van der Waals surface area contributed by atoms with Gasteiger partial charge in [-0.25, -0.2) is 0 Å². The molecule has 2 aromatic heterocycles. The third-order valence-electron chi connectivity index (χ3n) is 6.02. The van der Waals surface area contributed by atoms with E-state index in [1.807, 2.05) is 6.07 Å². The summed E-state index contributed by atoms with van der Waals surface area (Å²) >= 11 is 0. The Balaban J connectivity index is 1.41. The monoisotopic (exact) mass is 349 g/mol. The molecule has 3 aromatic rings. The maximum atomic E-state index is 12.3. The van der Waals surface area contributed by atoms with Crippen LogP contribution in [0.4, 0.5) is 5.69 Å². The lowest BCUT2D eigenvalue weighted by Crippen LogP contribution is -2.37. The Morgan fingerprint density at radius 3 is 3.08 bits per heavy atom. The second kappa shape index (κ2) is 6.32. The molecule has 0 radical (unpaired) electrons. The second-order valence-electron chi connectivity index (χ2n) is 7.52. The summed E-state index contributed by atoms with van der Waals surface area (Å²) in [6, 6.07) is 8.52. The quantitative estimate of drug-likeness (QED) is 0.739. The van der Waals surface area contributed by atoms with Crippen molar-refractivity contribution in [3.8, 4) is 0 Å². The van der Waals surface area contributed by atoms with Crippen LogP contribution < -0.4 is 5.32 Å². The maximum absolute atomic E-state index is 12.3. The van der Waals surface area contributed by atoms with Gasteiger partial charge in [0.05, 0.1) is 11.8 Å². The van der Waals surface area contributed by atoms with Crippen LogP contribution in [0.15, 0.2) is 47.4 Å².